The van der Waals surface area contributed by atoms with E-state index in [9.17, 15) is 8.42 Å². The number of anilines is 1. The van der Waals surface area contributed by atoms with Crippen LogP contribution in [-0.2, 0) is 29.9 Å². The third-order valence-electron chi connectivity index (χ3n) is 5.37. The summed E-state index contributed by atoms with van der Waals surface area (Å²) in [5, 5.41) is 3.39. The minimum absolute atomic E-state index is 0.183. The zero-order valence-corrected chi connectivity index (χ0v) is 16.2. The molecule has 0 saturated carbocycles. The van der Waals surface area contributed by atoms with Crippen LogP contribution in [0.3, 0.4) is 0 Å². The molecule has 8 nitrogen and oxygen atoms in total. The fourth-order valence-electron chi connectivity index (χ4n) is 3.78. The molecule has 0 unspecified atom stereocenters. The van der Waals surface area contributed by atoms with Crippen LogP contribution in [0.4, 0.5) is 5.95 Å². The molecule has 0 aromatic carbocycles. The molecule has 1 aliphatic carbocycles. The largest absolute Gasteiger partial charge is 0.351 e. The maximum atomic E-state index is 11.6. The van der Waals surface area contributed by atoms with Crippen molar-refractivity contribution in [2.45, 2.75) is 38.6 Å². The van der Waals surface area contributed by atoms with Crippen molar-refractivity contribution >= 4 is 16.0 Å². The number of fused-ring (bicyclic) bond motifs is 3. The third kappa shape index (κ3) is 3.09. The van der Waals surface area contributed by atoms with Gasteiger partial charge in [-0.05, 0) is 38.2 Å². The molecule has 0 radical (unpaired) electrons. The molecule has 2 aromatic rings. The van der Waals surface area contributed by atoms with Crippen molar-refractivity contribution in [1.82, 2.24) is 23.8 Å². The number of sulfonamides is 1. The molecular formula is C17H24N6O2S. The van der Waals surface area contributed by atoms with E-state index in [1.54, 1.807) is 0 Å². The molecule has 140 valence electrons. The number of imidazole rings is 1. The topological polar surface area (TPSA) is 93.0 Å². The first-order valence-electron chi connectivity index (χ1n) is 8.93. The summed E-state index contributed by atoms with van der Waals surface area (Å²) in [5.41, 5.74) is 4.29. The quantitative estimate of drug-likeness (QED) is 0.863. The van der Waals surface area contributed by atoms with E-state index in [1.807, 2.05) is 20.2 Å². The van der Waals surface area contributed by atoms with Gasteiger partial charge in [0.25, 0.3) is 0 Å². The van der Waals surface area contributed by atoms with Crippen LogP contribution in [-0.4, -0.2) is 57.6 Å². The summed E-state index contributed by atoms with van der Waals surface area (Å²) in [7, 11) is -1.09. The van der Waals surface area contributed by atoms with E-state index in [1.165, 1.54) is 10.6 Å². The van der Waals surface area contributed by atoms with Gasteiger partial charge < -0.3 is 9.88 Å². The van der Waals surface area contributed by atoms with Gasteiger partial charge >= 0.3 is 0 Å². The Hall–Kier alpha value is -2.00. The van der Waals surface area contributed by atoms with Crippen LogP contribution < -0.4 is 5.32 Å². The predicted molar refractivity (Wildman–Crippen MR) is 99.4 cm³/mol. The van der Waals surface area contributed by atoms with Crippen LogP contribution >= 0.6 is 0 Å². The highest BCUT2D eigenvalue weighted by Crippen LogP contribution is 2.32. The normalized spacial score (nSPS) is 18.4. The zero-order chi connectivity index (χ0) is 18.5. The van der Waals surface area contributed by atoms with Gasteiger partial charge in [-0.25, -0.2) is 27.7 Å². The number of aryl methyl sites for hydroxylation is 3. The molecule has 1 aliphatic heterocycles. The van der Waals surface area contributed by atoms with Crippen molar-refractivity contribution in [3.05, 3.63) is 23.3 Å². The van der Waals surface area contributed by atoms with E-state index in [0.29, 0.717) is 19.0 Å². The fourth-order valence-corrected chi connectivity index (χ4v) is 4.65. The van der Waals surface area contributed by atoms with Crippen LogP contribution in [0.15, 0.2) is 6.20 Å². The molecule has 3 heterocycles. The number of rotatable bonds is 3. The van der Waals surface area contributed by atoms with Gasteiger partial charge in [-0.15, -0.1) is 0 Å². The molecule has 2 aromatic heterocycles. The standard InChI is InChI=1S/C17H24N6O2S/c1-11-19-14-5-4-12-10-18-17(21-15(12)16(14)22(11)2)20-13-6-8-23(9-7-13)26(3,24)25/h10,13H,4-9H2,1-3H3,(H,18,20,21). The average molecular weight is 376 g/mol. The molecule has 0 amide bonds. The number of piperidine rings is 1. The molecule has 1 N–H and O–H groups in total. The van der Waals surface area contributed by atoms with E-state index < -0.39 is 10.0 Å². The highest BCUT2D eigenvalue weighted by molar-refractivity contribution is 7.88. The minimum atomic E-state index is -3.11. The Balaban J connectivity index is 1.54. The Kier molecular flexibility index (Phi) is 4.23. The Bertz CT molecular complexity index is 944. The van der Waals surface area contributed by atoms with Crippen LogP contribution in [0.2, 0.25) is 0 Å². The first-order valence-corrected chi connectivity index (χ1v) is 10.8. The van der Waals surface area contributed by atoms with Crippen molar-refractivity contribution < 1.29 is 8.42 Å². The van der Waals surface area contributed by atoms with Gasteiger partial charge in [0.05, 0.1) is 23.3 Å². The summed E-state index contributed by atoms with van der Waals surface area (Å²) >= 11 is 0. The highest BCUT2D eigenvalue weighted by atomic mass is 32.2. The van der Waals surface area contributed by atoms with Crippen molar-refractivity contribution in [3.8, 4) is 11.4 Å². The molecule has 4 rings (SSSR count). The monoisotopic (exact) mass is 376 g/mol. The minimum Gasteiger partial charge on any atom is -0.351 e. The average Bonchev–Trinajstić information content (AvgIpc) is 2.89. The Morgan fingerprint density at radius 1 is 1.19 bits per heavy atom. The number of nitrogens with one attached hydrogen (secondary N) is 1. The SMILES string of the molecule is Cc1nc2c(n1C)-c1nc(NC3CCN(S(C)(=O)=O)CC3)ncc1CC2. The summed E-state index contributed by atoms with van der Waals surface area (Å²) in [4.78, 5) is 13.9. The van der Waals surface area contributed by atoms with Crippen LogP contribution in [0.5, 0.6) is 0 Å². The summed E-state index contributed by atoms with van der Waals surface area (Å²) in [6.45, 7) is 3.08. The molecule has 1 saturated heterocycles. The third-order valence-corrected chi connectivity index (χ3v) is 6.67. The van der Waals surface area contributed by atoms with Crippen molar-refractivity contribution in [2.24, 2.45) is 7.05 Å². The smallest absolute Gasteiger partial charge is 0.223 e. The van der Waals surface area contributed by atoms with E-state index >= 15 is 0 Å². The lowest BCUT2D eigenvalue weighted by Gasteiger charge is -2.30. The highest BCUT2D eigenvalue weighted by Gasteiger charge is 2.27. The molecule has 0 spiro atoms. The number of hydrogen-bond acceptors (Lipinski definition) is 6. The first kappa shape index (κ1) is 17.4. The van der Waals surface area contributed by atoms with E-state index in [-0.39, 0.29) is 6.04 Å². The second-order valence-corrected chi connectivity index (χ2v) is 9.14. The van der Waals surface area contributed by atoms with Gasteiger partial charge in [0.2, 0.25) is 16.0 Å². The van der Waals surface area contributed by atoms with Gasteiger partial charge in [-0.2, -0.15) is 0 Å². The van der Waals surface area contributed by atoms with Crippen molar-refractivity contribution in [2.75, 3.05) is 24.7 Å². The van der Waals surface area contributed by atoms with E-state index in [2.05, 4.69) is 19.9 Å². The molecule has 26 heavy (non-hydrogen) atoms. The summed E-state index contributed by atoms with van der Waals surface area (Å²) in [6, 6.07) is 0.183. The van der Waals surface area contributed by atoms with Gasteiger partial charge in [0, 0.05) is 32.4 Å². The second-order valence-electron chi connectivity index (χ2n) is 7.16. The summed E-state index contributed by atoms with van der Waals surface area (Å²) < 4.78 is 26.9. The van der Waals surface area contributed by atoms with Crippen molar-refractivity contribution in [3.63, 3.8) is 0 Å². The lowest BCUT2D eigenvalue weighted by atomic mass is 9.98. The van der Waals surface area contributed by atoms with Gasteiger partial charge in [-0.3, -0.25) is 0 Å². The lowest BCUT2D eigenvalue weighted by molar-refractivity contribution is 0.331. The number of nitrogens with zero attached hydrogens (tertiary/aromatic N) is 5. The van der Waals surface area contributed by atoms with Crippen LogP contribution in [0, 0.1) is 6.92 Å². The maximum Gasteiger partial charge on any atom is 0.223 e. The van der Waals surface area contributed by atoms with Crippen LogP contribution in [0.1, 0.15) is 29.9 Å². The summed E-state index contributed by atoms with van der Waals surface area (Å²) in [5.74, 6) is 1.59. The first-order chi connectivity index (χ1) is 12.3. The lowest BCUT2D eigenvalue weighted by Crippen LogP contribution is -2.42. The Morgan fingerprint density at radius 3 is 2.62 bits per heavy atom. The van der Waals surface area contributed by atoms with Crippen LogP contribution in [0.25, 0.3) is 11.4 Å². The molecule has 2 aliphatic rings. The molecule has 9 heteroatoms. The second kappa shape index (κ2) is 6.31. The summed E-state index contributed by atoms with van der Waals surface area (Å²) in [6.07, 6.45) is 6.51. The maximum absolute atomic E-state index is 11.6. The molecule has 1 fully saturated rings. The molecular weight excluding hydrogens is 352 g/mol. The zero-order valence-electron chi connectivity index (χ0n) is 15.4. The van der Waals surface area contributed by atoms with Gasteiger partial charge in [0.15, 0.2) is 0 Å². The van der Waals surface area contributed by atoms with Gasteiger partial charge in [0.1, 0.15) is 5.82 Å². The van der Waals surface area contributed by atoms with Crippen molar-refractivity contribution in [1.29, 1.82) is 0 Å². The molecule has 0 atom stereocenters. The van der Waals surface area contributed by atoms with E-state index in [0.717, 1.165) is 54.2 Å². The number of hydrogen-bond donors (Lipinski definition) is 1. The Morgan fingerprint density at radius 2 is 1.92 bits per heavy atom. The van der Waals surface area contributed by atoms with Gasteiger partial charge in [-0.1, -0.05) is 0 Å². The van der Waals surface area contributed by atoms with E-state index in [4.69, 9.17) is 4.98 Å². The molecule has 0 bridgehead atoms. The predicted octanol–water partition coefficient (Wildman–Crippen LogP) is 1.12. The number of aromatic nitrogens is 4. The fraction of sp³-hybridized carbons (Fsp3) is 0.588. The Labute approximate surface area is 153 Å².